The van der Waals surface area contributed by atoms with Crippen molar-refractivity contribution in [3.63, 3.8) is 0 Å². The Labute approximate surface area is 196 Å². The van der Waals surface area contributed by atoms with Gasteiger partial charge >= 0.3 is 0 Å². The Kier molecular flexibility index (Phi) is 6.58. The van der Waals surface area contributed by atoms with Gasteiger partial charge in [0.05, 0.1) is 11.7 Å². The Hall–Kier alpha value is -3.48. The zero-order valence-electron chi connectivity index (χ0n) is 20.1. The van der Waals surface area contributed by atoms with Crippen LogP contribution in [0.5, 0.6) is 0 Å². The van der Waals surface area contributed by atoms with Crippen LogP contribution in [0.1, 0.15) is 46.9 Å². The molecule has 33 heavy (non-hydrogen) atoms. The van der Waals surface area contributed by atoms with Crippen LogP contribution < -0.4 is 9.80 Å². The zero-order valence-corrected chi connectivity index (χ0v) is 20.1. The molecule has 3 aromatic rings. The molecule has 7 nitrogen and oxygen atoms in total. The number of aromatic nitrogens is 3. The number of piperidine rings is 1. The first-order chi connectivity index (χ1) is 15.9. The van der Waals surface area contributed by atoms with Crippen molar-refractivity contribution in [1.29, 1.82) is 0 Å². The molecule has 1 saturated heterocycles. The minimum absolute atomic E-state index is 0.0485. The number of anilines is 2. The summed E-state index contributed by atoms with van der Waals surface area (Å²) >= 11 is 0. The zero-order chi connectivity index (χ0) is 23.5. The Morgan fingerprint density at radius 3 is 2.39 bits per heavy atom. The summed E-state index contributed by atoms with van der Waals surface area (Å²) in [6.07, 6.45) is 8.47. The van der Waals surface area contributed by atoms with Crippen LogP contribution in [-0.2, 0) is 0 Å². The number of aryl methyl sites for hydroxylation is 1. The molecule has 4 rings (SSSR count). The van der Waals surface area contributed by atoms with Crippen LogP contribution in [0.25, 0.3) is 11.1 Å². The number of amides is 1. The fraction of sp³-hybridized carbons (Fsp3) is 0.385. The van der Waals surface area contributed by atoms with Crippen molar-refractivity contribution in [2.75, 3.05) is 44.5 Å². The maximum atomic E-state index is 13.6. The van der Waals surface area contributed by atoms with Crippen LogP contribution in [0.15, 0.2) is 48.9 Å². The van der Waals surface area contributed by atoms with Gasteiger partial charge in [0.2, 0.25) is 5.95 Å². The van der Waals surface area contributed by atoms with E-state index in [1.165, 1.54) is 0 Å². The molecular weight excluding hydrogens is 412 g/mol. The quantitative estimate of drug-likeness (QED) is 0.583. The number of carbonyl (C=O) groups is 1. The van der Waals surface area contributed by atoms with Gasteiger partial charge in [-0.1, -0.05) is 0 Å². The second kappa shape index (κ2) is 9.57. The van der Waals surface area contributed by atoms with E-state index < -0.39 is 0 Å². The first-order valence-electron chi connectivity index (χ1n) is 11.4. The summed E-state index contributed by atoms with van der Waals surface area (Å²) < 4.78 is 0. The van der Waals surface area contributed by atoms with Gasteiger partial charge in [-0.2, -0.15) is 0 Å². The molecule has 7 heteroatoms. The number of rotatable bonds is 5. The highest BCUT2D eigenvalue weighted by Gasteiger charge is 2.32. The molecule has 3 heterocycles. The molecule has 172 valence electrons. The molecular formula is C26H32N6O. The minimum atomic E-state index is -0.107. The maximum Gasteiger partial charge on any atom is 0.254 e. The van der Waals surface area contributed by atoms with E-state index in [1.807, 2.05) is 92.5 Å². The molecule has 1 aliphatic heterocycles. The van der Waals surface area contributed by atoms with E-state index >= 15 is 0 Å². The lowest BCUT2D eigenvalue weighted by Crippen LogP contribution is -2.39. The van der Waals surface area contributed by atoms with Crippen LogP contribution in [0.4, 0.5) is 11.6 Å². The molecule has 1 amide bonds. The average molecular weight is 445 g/mol. The Morgan fingerprint density at radius 2 is 1.73 bits per heavy atom. The highest BCUT2D eigenvalue weighted by atomic mass is 16.2. The summed E-state index contributed by atoms with van der Waals surface area (Å²) in [5, 5.41) is 0. The lowest BCUT2D eigenvalue weighted by atomic mass is 9.92. The van der Waals surface area contributed by atoms with Gasteiger partial charge in [0.25, 0.3) is 5.91 Å². The summed E-state index contributed by atoms with van der Waals surface area (Å²) in [4.78, 5) is 33.4. The lowest BCUT2D eigenvalue weighted by Gasteiger charge is -2.36. The standard InChI is InChI=1S/C26H32N6O/c1-18-16-27-14-13-21(18)22-17-28-26(31(4)5)29-24(22)23-8-6-7-15-32(23)25(33)19-9-11-20(12-10-19)30(2)3/h9-14,16-17,23H,6-8,15H2,1-5H3. The first-order valence-corrected chi connectivity index (χ1v) is 11.4. The third kappa shape index (κ3) is 4.67. The van der Waals surface area contributed by atoms with Crippen LogP contribution in [0, 0.1) is 6.92 Å². The lowest BCUT2D eigenvalue weighted by molar-refractivity contribution is 0.0607. The van der Waals surface area contributed by atoms with Gasteiger partial charge in [-0.05, 0) is 67.6 Å². The van der Waals surface area contributed by atoms with Gasteiger partial charge in [-0.3, -0.25) is 9.78 Å². The molecule has 2 aromatic heterocycles. The largest absolute Gasteiger partial charge is 0.378 e. The summed E-state index contributed by atoms with van der Waals surface area (Å²) in [6, 6.07) is 9.72. The van der Waals surface area contributed by atoms with Crippen molar-refractivity contribution >= 4 is 17.5 Å². The molecule has 0 N–H and O–H groups in total. The maximum absolute atomic E-state index is 13.6. The SMILES string of the molecule is Cc1cnccc1-c1cnc(N(C)C)nc1C1CCCCN1C(=O)c1ccc(N(C)C)cc1. The van der Waals surface area contributed by atoms with Crippen molar-refractivity contribution < 1.29 is 4.79 Å². The van der Waals surface area contributed by atoms with E-state index in [9.17, 15) is 4.79 Å². The predicted molar refractivity (Wildman–Crippen MR) is 133 cm³/mol. The highest BCUT2D eigenvalue weighted by molar-refractivity contribution is 5.95. The average Bonchev–Trinajstić information content (AvgIpc) is 2.83. The van der Waals surface area contributed by atoms with Gasteiger partial charge in [0.1, 0.15) is 0 Å². The van der Waals surface area contributed by atoms with E-state index in [-0.39, 0.29) is 11.9 Å². The number of carbonyl (C=O) groups excluding carboxylic acids is 1. The highest BCUT2D eigenvalue weighted by Crippen LogP contribution is 2.38. The molecule has 0 saturated carbocycles. The van der Waals surface area contributed by atoms with Crippen molar-refractivity contribution in [3.05, 3.63) is 65.7 Å². The topological polar surface area (TPSA) is 65.5 Å². The monoisotopic (exact) mass is 444 g/mol. The van der Waals surface area contributed by atoms with Crippen molar-refractivity contribution in [2.45, 2.75) is 32.2 Å². The van der Waals surface area contributed by atoms with Crippen LogP contribution in [0.3, 0.4) is 0 Å². The summed E-state index contributed by atoms with van der Waals surface area (Å²) in [7, 11) is 7.87. The molecule has 1 unspecified atom stereocenters. The van der Waals surface area contributed by atoms with E-state index in [0.29, 0.717) is 11.5 Å². The molecule has 0 radical (unpaired) electrons. The number of benzene rings is 1. The van der Waals surface area contributed by atoms with Gasteiger partial charge in [-0.25, -0.2) is 9.97 Å². The molecule has 1 atom stereocenters. The second-order valence-corrected chi connectivity index (χ2v) is 9.01. The van der Waals surface area contributed by atoms with Crippen molar-refractivity contribution in [3.8, 4) is 11.1 Å². The molecule has 1 fully saturated rings. The Balaban J connectivity index is 1.77. The third-order valence-corrected chi connectivity index (χ3v) is 6.23. The van der Waals surface area contributed by atoms with Crippen molar-refractivity contribution in [2.24, 2.45) is 0 Å². The van der Waals surface area contributed by atoms with Gasteiger partial charge in [0.15, 0.2) is 0 Å². The number of nitrogens with zero attached hydrogens (tertiary/aromatic N) is 6. The Morgan fingerprint density at radius 1 is 0.970 bits per heavy atom. The third-order valence-electron chi connectivity index (χ3n) is 6.23. The molecule has 0 aliphatic carbocycles. The normalized spacial score (nSPS) is 15.9. The number of likely N-dealkylation sites (tertiary alicyclic amines) is 1. The fourth-order valence-corrected chi connectivity index (χ4v) is 4.36. The Bertz CT molecular complexity index is 1130. The van der Waals surface area contributed by atoms with Gasteiger partial charge in [0, 0.05) is 70.1 Å². The van der Waals surface area contributed by atoms with Crippen LogP contribution in [-0.4, -0.2) is 60.5 Å². The molecule has 0 bridgehead atoms. The number of pyridine rings is 1. The van der Waals surface area contributed by atoms with E-state index in [4.69, 9.17) is 4.98 Å². The van der Waals surface area contributed by atoms with Crippen LogP contribution >= 0.6 is 0 Å². The van der Waals surface area contributed by atoms with Gasteiger partial charge < -0.3 is 14.7 Å². The minimum Gasteiger partial charge on any atom is -0.378 e. The van der Waals surface area contributed by atoms with E-state index in [2.05, 4.69) is 9.97 Å². The smallest absolute Gasteiger partial charge is 0.254 e. The number of hydrogen-bond donors (Lipinski definition) is 0. The number of hydrogen-bond acceptors (Lipinski definition) is 6. The molecule has 0 spiro atoms. The summed E-state index contributed by atoms with van der Waals surface area (Å²) in [6.45, 7) is 2.76. The van der Waals surface area contributed by atoms with Gasteiger partial charge in [-0.15, -0.1) is 0 Å². The summed E-state index contributed by atoms with van der Waals surface area (Å²) in [5.74, 6) is 0.696. The fourth-order valence-electron chi connectivity index (χ4n) is 4.36. The van der Waals surface area contributed by atoms with E-state index in [0.717, 1.165) is 53.9 Å². The summed E-state index contributed by atoms with van der Waals surface area (Å²) in [5.41, 5.74) is 5.76. The van der Waals surface area contributed by atoms with Crippen LogP contribution in [0.2, 0.25) is 0 Å². The predicted octanol–water partition coefficient (Wildman–Crippen LogP) is 4.35. The molecule has 1 aromatic carbocycles. The second-order valence-electron chi connectivity index (χ2n) is 9.01. The van der Waals surface area contributed by atoms with E-state index in [1.54, 1.807) is 6.20 Å². The first kappa shape index (κ1) is 22.7. The van der Waals surface area contributed by atoms with Crippen molar-refractivity contribution in [1.82, 2.24) is 19.9 Å². The molecule has 1 aliphatic rings.